The maximum Gasteiger partial charge on any atom is 0.235 e. The molecule has 0 radical (unpaired) electrons. The minimum Gasteiger partial charge on any atom is -0.379 e. The summed E-state index contributed by atoms with van der Waals surface area (Å²) in [5.74, 6) is -0.0264. The summed E-state index contributed by atoms with van der Waals surface area (Å²) >= 11 is 1.66. The van der Waals surface area contributed by atoms with E-state index in [1.54, 1.807) is 11.3 Å². The third-order valence-corrected chi connectivity index (χ3v) is 7.49. The summed E-state index contributed by atoms with van der Waals surface area (Å²) in [6.07, 6.45) is 0.537. The van der Waals surface area contributed by atoms with Crippen LogP contribution in [0.3, 0.4) is 0 Å². The van der Waals surface area contributed by atoms with Crippen molar-refractivity contribution in [2.24, 2.45) is 0 Å². The number of nitrogens with zero attached hydrogens (tertiary/aromatic N) is 2. The van der Waals surface area contributed by atoms with Gasteiger partial charge in [-0.25, -0.2) is 4.98 Å². The number of amides is 1. The molecule has 5 rings (SSSR count). The SMILES string of the molecule is CC(Cc1nc2ccccc2s1)(C(=O)Nc1cccc(CN2CCOCC2)c1)c1ccccc1. The van der Waals surface area contributed by atoms with Crippen molar-refractivity contribution < 1.29 is 9.53 Å². The van der Waals surface area contributed by atoms with Crippen LogP contribution < -0.4 is 5.32 Å². The molecule has 1 fully saturated rings. The molecule has 2 heterocycles. The predicted molar refractivity (Wildman–Crippen MR) is 138 cm³/mol. The number of carbonyl (C=O) groups is 1. The van der Waals surface area contributed by atoms with Crippen LogP contribution in [0.2, 0.25) is 0 Å². The van der Waals surface area contributed by atoms with Gasteiger partial charge in [-0.05, 0) is 42.3 Å². The number of carbonyl (C=O) groups excluding carboxylic acids is 1. The van der Waals surface area contributed by atoms with E-state index in [1.807, 2.05) is 67.6 Å². The number of anilines is 1. The van der Waals surface area contributed by atoms with Crippen LogP contribution in [0.1, 0.15) is 23.1 Å². The summed E-state index contributed by atoms with van der Waals surface area (Å²) < 4.78 is 6.60. The van der Waals surface area contributed by atoms with Crippen LogP contribution in [0, 0.1) is 0 Å². The van der Waals surface area contributed by atoms with E-state index < -0.39 is 5.41 Å². The number of ether oxygens (including phenoxy) is 1. The zero-order chi connectivity index (χ0) is 23.4. The van der Waals surface area contributed by atoms with Crippen molar-refractivity contribution in [3.05, 3.63) is 95.0 Å². The molecule has 1 aliphatic heterocycles. The Hall–Kier alpha value is -3.06. The molecule has 3 aromatic carbocycles. The molecule has 1 unspecified atom stereocenters. The summed E-state index contributed by atoms with van der Waals surface area (Å²) in [6.45, 7) is 6.29. The van der Waals surface area contributed by atoms with Crippen LogP contribution in [-0.4, -0.2) is 42.1 Å². The molecule has 6 heteroatoms. The maximum atomic E-state index is 13.8. The Bertz CT molecular complexity index is 1230. The second kappa shape index (κ2) is 10.1. The first-order valence-corrected chi connectivity index (χ1v) is 12.5. The minimum absolute atomic E-state index is 0.0264. The Kier molecular flexibility index (Phi) is 6.72. The van der Waals surface area contributed by atoms with Crippen molar-refractivity contribution in [3.63, 3.8) is 0 Å². The molecular weight excluding hydrogens is 442 g/mol. The molecular formula is C28H29N3O2S. The Morgan fingerprint density at radius 2 is 1.79 bits per heavy atom. The summed E-state index contributed by atoms with van der Waals surface area (Å²) in [4.78, 5) is 21.0. The molecule has 1 amide bonds. The summed E-state index contributed by atoms with van der Waals surface area (Å²) in [5, 5.41) is 4.17. The lowest BCUT2D eigenvalue weighted by Gasteiger charge is -2.29. The van der Waals surface area contributed by atoms with Gasteiger partial charge in [0, 0.05) is 31.7 Å². The van der Waals surface area contributed by atoms with E-state index in [2.05, 4.69) is 28.4 Å². The highest BCUT2D eigenvalue weighted by atomic mass is 32.1. The number of para-hydroxylation sites is 1. The van der Waals surface area contributed by atoms with Gasteiger partial charge >= 0.3 is 0 Å². The van der Waals surface area contributed by atoms with E-state index in [-0.39, 0.29) is 5.91 Å². The highest BCUT2D eigenvalue weighted by molar-refractivity contribution is 7.18. The second-order valence-corrected chi connectivity index (χ2v) is 10.1. The highest BCUT2D eigenvalue weighted by Crippen LogP contribution is 2.33. The Balaban J connectivity index is 1.39. The molecule has 5 nitrogen and oxygen atoms in total. The fourth-order valence-electron chi connectivity index (χ4n) is 4.45. The molecule has 0 saturated carbocycles. The van der Waals surface area contributed by atoms with Gasteiger partial charge in [0.15, 0.2) is 0 Å². The van der Waals surface area contributed by atoms with Gasteiger partial charge in [0.05, 0.1) is 33.9 Å². The largest absolute Gasteiger partial charge is 0.379 e. The van der Waals surface area contributed by atoms with E-state index in [1.165, 1.54) is 5.56 Å². The van der Waals surface area contributed by atoms with E-state index >= 15 is 0 Å². The first-order valence-electron chi connectivity index (χ1n) is 11.7. The van der Waals surface area contributed by atoms with Gasteiger partial charge < -0.3 is 10.1 Å². The van der Waals surface area contributed by atoms with Crippen molar-refractivity contribution >= 4 is 33.1 Å². The number of benzene rings is 3. The van der Waals surface area contributed by atoms with Crippen LogP contribution in [0.15, 0.2) is 78.9 Å². The molecule has 1 N–H and O–H groups in total. The molecule has 0 aliphatic carbocycles. The third kappa shape index (κ3) is 5.04. The first kappa shape index (κ1) is 22.7. The summed E-state index contributed by atoms with van der Waals surface area (Å²) in [5.41, 5.74) is 3.22. The number of morpholine rings is 1. The fourth-order valence-corrected chi connectivity index (χ4v) is 5.57. The van der Waals surface area contributed by atoms with Crippen molar-refractivity contribution in [2.45, 2.75) is 25.3 Å². The number of hydrogen-bond acceptors (Lipinski definition) is 5. The topological polar surface area (TPSA) is 54.5 Å². The molecule has 1 atom stereocenters. The highest BCUT2D eigenvalue weighted by Gasteiger charge is 2.36. The second-order valence-electron chi connectivity index (χ2n) is 8.99. The van der Waals surface area contributed by atoms with E-state index in [4.69, 9.17) is 9.72 Å². The van der Waals surface area contributed by atoms with E-state index in [9.17, 15) is 4.79 Å². The lowest BCUT2D eigenvalue weighted by molar-refractivity contribution is -0.121. The average molecular weight is 472 g/mol. The van der Waals surface area contributed by atoms with Crippen molar-refractivity contribution in [1.29, 1.82) is 0 Å². The Morgan fingerprint density at radius 1 is 1.03 bits per heavy atom. The van der Waals surface area contributed by atoms with Gasteiger partial charge in [-0.2, -0.15) is 0 Å². The van der Waals surface area contributed by atoms with E-state index in [0.29, 0.717) is 6.42 Å². The van der Waals surface area contributed by atoms with Gasteiger partial charge in [-0.15, -0.1) is 11.3 Å². The molecule has 1 saturated heterocycles. The quantitative estimate of drug-likeness (QED) is 0.399. The third-order valence-electron chi connectivity index (χ3n) is 6.45. The Labute approximate surface area is 204 Å². The van der Waals surface area contributed by atoms with Crippen LogP contribution >= 0.6 is 11.3 Å². The number of thiazole rings is 1. The van der Waals surface area contributed by atoms with Crippen LogP contribution in [0.4, 0.5) is 5.69 Å². The molecule has 4 aromatic rings. The predicted octanol–water partition coefficient (Wildman–Crippen LogP) is 5.27. The fraction of sp³-hybridized carbons (Fsp3) is 0.286. The number of aromatic nitrogens is 1. The summed E-state index contributed by atoms with van der Waals surface area (Å²) in [7, 11) is 0. The minimum atomic E-state index is -0.755. The van der Waals surface area contributed by atoms with Crippen molar-refractivity contribution in [1.82, 2.24) is 9.88 Å². The standard InChI is InChI=1S/C28H29N3O2S/c1-28(22-9-3-2-4-10-22,19-26-30-24-12-5-6-13-25(24)34-26)27(32)29-23-11-7-8-21(18-23)20-31-14-16-33-17-15-31/h2-13,18H,14-17,19-20H2,1H3,(H,29,32). The lowest BCUT2D eigenvalue weighted by atomic mass is 9.78. The van der Waals surface area contributed by atoms with Crippen LogP contribution in [0.25, 0.3) is 10.2 Å². The van der Waals surface area contributed by atoms with Gasteiger partial charge in [-0.3, -0.25) is 9.69 Å². The first-order chi connectivity index (χ1) is 16.6. The molecule has 34 heavy (non-hydrogen) atoms. The van der Waals surface area contributed by atoms with Gasteiger partial charge in [-0.1, -0.05) is 54.6 Å². The molecule has 0 bridgehead atoms. The molecule has 1 aliphatic rings. The molecule has 0 spiro atoms. The number of nitrogens with one attached hydrogen (secondary N) is 1. The normalized spacial score (nSPS) is 16.3. The maximum absolute atomic E-state index is 13.8. The molecule has 1 aromatic heterocycles. The average Bonchev–Trinajstić information content (AvgIpc) is 3.27. The van der Waals surface area contributed by atoms with Crippen LogP contribution in [0.5, 0.6) is 0 Å². The van der Waals surface area contributed by atoms with Crippen molar-refractivity contribution in [3.8, 4) is 0 Å². The summed E-state index contributed by atoms with van der Waals surface area (Å²) in [6, 6.07) is 26.3. The monoisotopic (exact) mass is 471 g/mol. The van der Waals surface area contributed by atoms with Gasteiger partial charge in [0.25, 0.3) is 0 Å². The van der Waals surface area contributed by atoms with Gasteiger partial charge in [0.1, 0.15) is 0 Å². The molecule has 174 valence electrons. The number of rotatable bonds is 7. The smallest absolute Gasteiger partial charge is 0.235 e. The zero-order valence-corrected chi connectivity index (χ0v) is 20.2. The van der Waals surface area contributed by atoms with Crippen molar-refractivity contribution in [2.75, 3.05) is 31.6 Å². The Morgan fingerprint density at radius 3 is 2.59 bits per heavy atom. The van der Waals surface area contributed by atoms with Crippen LogP contribution in [-0.2, 0) is 27.9 Å². The lowest BCUT2D eigenvalue weighted by Crippen LogP contribution is -2.39. The number of fused-ring (bicyclic) bond motifs is 1. The van der Waals surface area contributed by atoms with Gasteiger partial charge in [0.2, 0.25) is 5.91 Å². The van der Waals surface area contributed by atoms with E-state index in [0.717, 1.165) is 59.3 Å². The number of hydrogen-bond donors (Lipinski definition) is 1. The zero-order valence-electron chi connectivity index (χ0n) is 19.4.